The number of ether oxygens (including phenoxy) is 1. The maximum atomic E-state index is 13.6. The van der Waals surface area contributed by atoms with E-state index in [2.05, 4.69) is 10.5 Å². The number of carbonyl (C=O) groups excluding carboxylic acids is 1. The van der Waals surface area contributed by atoms with Crippen molar-refractivity contribution in [1.82, 2.24) is 5.16 Å². The Balaban J connectivity index is 1.80. The predicted molar refractivity (Wildman–Crippen MR) is 82.8 cm³/mol. The Labute approximate surface area is 135 Å². The minimum Gasteiger partial charge on any atom is -0.497 e. The molecule has 0 fully saturated rings. The van der Waals surface area contributed by atoms with E-state index in [4.69, 9.17) is 9.26 Å². The monoisotopic (exact) mass is 330 g/mol. The second-order valence-corrected chi connectivity index (χ2v) is 4.89. The van der Waals surface area contributed by atoms with Crippen molar-refractivity contribution in [3.8, 4) is 17.1 Å². The fraction of sp³-hybridized carbons (Fsp3) is 0.0588. The SMILES string of the molecule is COc1cccc(-c2cc(C(=O)Nc3ccc(F)cc3F)no2)c1. The molecule has 122 valence electrons. The van der Waals surface area contributed by atoms with Crippen LogP contribution in [0.3, 0.4) is 0 Å². The summed E-state index contributed by atoms with van der Waals surface area (Å²) >= 11 is 0. The summed E-state index contributed by atoms with van der Waals surface area (Å²) in [5.74, 6) is -1.28. The Morgan fingerprint density at radius 2 is 2.00 bits per heavy atom. The van der Waals surface area contributed by atoms with Crippen LogP contribution in [0.4, 0.5) is 14.5 Å². The van der Waals surface area contributed by atoms with Crippen LogP contribution < -0.4 is 10.1 Å². The first kappa shape index (κ1) is 15.7. The summed E-state index contributed by atoms with van der Waals surface area (Å²) in [7, 11) is 1.54. The quantitative estimate of drug-likeness (QED) is 0.788. The standard InChI is InChI=1S/C17H12F2N2O3/c1-23-12-4-2-3-10(7-12)16-9-15(21-24-16)17(22)20-14-6-5-11(18)8-13(14)19/h2-9H,1H3,(H,20,22). The largest absolute Gasteiger partial charge is 0.497 e. The van der Waals surface area contributed by atoms with Gasteiger partial charge in [-0.2, -0.15) is 0 Å². The smallest absolute Gasteiger partial charge is 0.277 e. The van der Waals surface area contributed by atoms with Crippen molar-refractivity contribution in [2.75, 3.05) is 12.4 Å². The van der Waals surface area contributed by atoms with Gasteiger partial charge in [-0.15, -0.1) is 0 Å². The van der Waals surface area contributed by atoms with Gasteiger partial charge in [0.2, 0.25) is 0 Å². The normalized spacial score (nSPS) is 10.5. The molecule has 0 aliphatic rings. The van der Waals surface area contributed by atoms with E-state index >= 15 is 0 Å². The Morgan fingerprint density at radius 1 is 1.17 bits per heavy atom. The van der Waals surface area contributed by atoms with E-state index in [9.17, 15) is 13.6 Å². The summed E-state index contributed by atoms with van der Waals surface area (Å²) in [6, 6.07) is 11.3. The fourth-order valence-electron chi connectivity index (χ4n) is 2.07. The number of halogens is 2. The molecule has 0 saturated heterocycles. The summed E-state index contributed by atoms with van der Waals surface area (Å²) in [6.07, 6.45) is 0. The van der Waals surface area contributed by atoms with Gasteiger partial charge in [-0.05, 0) is 24.3 Å². The second kappa shape index (κ2) is 6.49. The van der Waals surface area contributed by atoms with Crippen molar-refractivity contribution in [1.29, 1.82) is 0 Å². The fourth-order valence-corrected chi connectivity index (χ4v) is 2.07. The van der Waals surface area contributed by atoms with Crippen molar-refractivity contribution in [2.24, 2.45) is 0 Å². The second-order valence-electron chi connectivity index (χ2n) is 4.89. The zero-order valence-electron chi connectivity index (χ0n) is 12.5. The van der Waals surface area contributed by atoms with Gasteiger partial charge < -0.3 is 14.6 Å². The number of aromatic nitrogens is 1. The Kier molecular flexibility index (Phi) is 4.24. The molecule has 5 nitrogen and oxygen atoms in total. The lowest BCUT2D eigenvalue weighted by molar-refractivity contribution is 0.101. The third-order valence-corrected chi connectivity index (χ3v) is 3.28. The molecular weight excluding hydrogens is 318 g/mol. The van der Waals surface area contributed by atoms with Gasteiger partial charge >= 0.3 is 0 Å². The highest BCUT2D eigenvalue weighted by molar-refractivity contribution is 6.03. The van der Waals surface area contributed by atoms with E-state index in [1.54, 1.807) is 24.3 Å². The molecule has 3 aromatic rings. The molecule has 1 aromatic heterocycles. The summed E-state index contributed by atoms with van der Waals surface area (Å²) in [6.45, 7) is 0. The molecule has 0 atom stereocenters. The molecule has 0 aliphatic carbocycles. The van der Waals surface area contributed by atoms with Crippen LogP contribution >= 0.6 is 0 Å². The number of hydrogen-bond donors (Lipinski definition) is 1. The number of benzene rings is 2. The molecule has 2 aromatic carbocycles. The Bertz CT molecular complexity index is 893. The maximum absolute atomic E-state index is 13.6. The third kappa shape index (κ3) is 3.24. The van der Waals surface area contributed by atoms with Gasteiger partial charge in [-0.1, -0.05) is 17.3 Å². The first-order valence-electron chi connectivity index (χ1n) is 6.94. The van der Waals surface area contributed by atoms with Crippen LogP contribution in [0.15, 0.2) is 53.1 Å². The van der Waals surface area contributed by atoms with Crippen LogP contribution in [0.5, 0.6) is 5.75 Å². The van der Waals surface area contributed by atoms with Crippen molar-refractivity contribution < 1.29 is 22.8 Å². The van der Waals surface area contributed by atoms with Gasteiger partial charge in [0.25, 0.3) is 5.91 Å². The molecule has 7 heteroatoms. The number of amides is 1. The summed E-state index contributed by atoms with van der Waals surface area (Å²) in [5, 5.41) is 5.98. The lowest BCUT2D eigenvalue weighted by Gasteiger charge is -2.03. The minimum absolute atomic E-state index is 0.0310. The van der Waals surface area contributed by atoms with Crippen molar-refractivity contribution >= 4 is 11.6 Å². The average Bonchev–Trinajstić information content (AvgIpc) is 3.07. The number of hydrogen-bond acceptors (Lipinski definition) is 4. The van der Waals surface area contributed by atoms with Gasteiger partial charge in [0, 0.05) is 17.7 Å². The van der Waals surface area contributed by atoms with Crippen LogP contribution in [-0.2, 0) is 0 Å². The highest BCUT2D eigenvalue weighted by atomic mass is 19.1. The lowest BCUT2D eigenvalue weighted by atomic mass is 10.1. The van der Waals surface area contributed by atoms with Crippen LogP contribution in [0.2, 0.25) is 0 Å². The van der Waals surface area contributed by atoms with Crippen LogP contribution in [0.1, 0.15) is 10.5 Å². The molecule has 1 amide bonds. The third-order valence-electron chi connectivity index (χ3n) is 3.28. The van der Waals surface area contributed by atoms with Crippen molar-refractivity contribution in [2.45, 2.75) is 0 Å². The van der Waals surface area contributed by atoms with E-state index in [-0.39, 0.29) is 11.4 Å². The van der Waals surface area contributed by atoms with Crippen LogP contribution in [-0.4, -0.2) is 18.2 Å². The first-order valence-corrected chi connectivity index (χ1v) is 6.94. The molecule has 3 rings (SSSR count). The van der Waals surface area contributed by atoms with Crippen LogP contribution in [0, 0.1) is 11.6 Å². The van der Waals surface area contributed by atoms with Gasteiger partial charge in [0.05, 0.1) is 12.8 Å². The topological polar surface area (TPSA) is 64.4 Å². The highest BCUT2D eigenvalue weighted by Crippen LogP contribution is 2.25. The highest BCUT2D eigenvalue weighted by Gasteiger charge is 2.16. The number of rotatable bonds is 4. The predicted octanol–water partition coefficient (Wildman–Crippen LogP) is 3.88. The summed E-state index contributed by atoms with van der Waals surface area (Å²) in [4.78, 5) is 12.1. The Morgan fingerprint density at radius 3 is 2.75 bits per heavy atom. The van der Waals surface area contributed by atoms with Crippen molar-refractivity contribution in [3.63, 3.8) is 0 Å². The maximum Gasteiger partial charge on any atom is 0.277 e. The van der Waals surface area contributed by atoms with E-state index < -0.39 is 17.5 Å². The average molecular weight is 330 g/mol. The molecule has 1 N–H and O–H groups in total. The van der Waals surface area contributed by atoms with Crippen molar-refractivity contribution in [3.05, 3.63) is 65.9 Å². The summed E-state index contributed by atoms with van der Waals surface area (Å²) < 4.78 is 36.7. The molecule has 1 heterocycles. The number of nitrogens with zero attached hydrogens (tertiary/aromatic N) is 1. The Hall–Kier alpha value is -3.22. The molecule has 0 aliphatic heterocycles. The number of anilines is 1. The van der Waals surface area contributed by atoms with Crippen LogP contribution in [0.25, 0.3) is 11.3 Å². The zero-order chi connectivity index (χ0) is 17.1. The number of methoxy groups -OCH3 is 1. The molecule has 0 bridgehead atoms. The zero-order valence-corrected chi connectivity index (χ0v) is 12.5. The molecular formula is C17H12F2N2O3. The number of carbonyl (C=O) groups is 1. The first-order chi connectivity index (χ1) is 11.6. The van der Waals surface area contributed by atoms with E-state index in [1.165, 1.54) is 13.2 Å². The van der Waals surface area contributed by atoms with E-state index in [1.807, 2.05) is 0 Å². The molecule has 0 radical (unpaired) electrons. The minimum atomic E-state index is -0.875. The lowest BCUT2D eigenvalue weighted by Crippen LogP contribution is -2.13. The molecule has 0 unspecified atom stereocenters. The molecule has 0 spiro atoms. The molecule has 0 saturated carbocycles. The van der Waals surface area contributed by atoms with Gasteiger partial charge in [-0.3, -0.25) is 4.79 Å². The molecule has 24 heavy (non-hydrogen) atoms. The van der Waals surface area contributed by atoms with E-state index in [0.29, 0.717) is 23.1 Å². The number of nitrogens with one attached hydrogen (secondary N) is 1. The van der Waals surface area contributed by atoms with Gasteiger partial charge in [0.1, 0.15) is 17.4 Å². The summed E-state index contributed by atoms with van der Waals surface area (Å²) in [5.41, 5.74) is 0.498. The van der Waals surface area contributed by atoms with E-state index in [0.717, 1.165) is 12.1 Å². The van der Waals surface area contributed by atoms with Gasteiger partial charge in [0.15, 0.2) is 11.5 Å². The van der Waals surface area contributed by atoms with Gasteiger partial charge in [-0.25, -0.2) is 8.78 Å².